The van der Waals surface area contributed by atoms with Crippen molar-refractivity contribution in [2.24, 2.45) is 0 Å². The molecular formula is C13H16F2N6O2. The predicted molar refractivity (Wildman–Crippen MR) is 77.1 cm³/mol. The quantitative estimate of drug-likeness (QED) is 0.834. The van der Waals surface area contributed by atoms with Gasteiger partial charge in [0.05, 0.1) is 12.4 Å². The number of nitrogens with one attached hydrogen (secondary N) is 2. The number of aromatic nitrogens is 4. The second-order valence-electron chi connectivity index (χ2n) is 5.15. The van der Waals surface area contributed by atoms with Crippen LogP contribution in [0.25, 0.3) is 0 Å². The van der Waals surface area contributed by atoms with Crippen molar-refractivity contribution in [2.75, 3.05) is 25.5 Å². The molecule has 3 rings (SSSR count). The molecule has 2 aromatic rings. The van der Waals surface area contributed by atoms with Crippen LogP contribution in [-0.4, -0.2) is 57.9 Å². The van der Waals surface area contributed by atoms with E-state index in [4.69, 9.17) is 4.74 Å². The highest BCUT2D eigenvalue weighted by molar-refractivity contribution is 5.51. The molecule has 0 unspecified atom stereocenters. The SMILES string of the molecule is CN1CC[C@H](Oc2cncc(Nc3cc(OC(F)F)[nH]n3)n2)C1. The first-order valence-electron chi connectivity index (χ1n) is 7.03. The Morgan fingerprint density at radius 2 is 2.26 bits per heavy atom. The zero-order chi connectivity index (χ0) is 16.2. The summed E-state index contributed by atoms with van der Waals surface area (Å²) in [7, 11) is 2.03. The van der Waals surface area contributed by atoms with Gasteiger partial charge in [0.2, 0.25) is 11.8 Å². The molecule has 10 heteroatoms. The van der Waals surface area contributed by atoms with E-state index in [1.54, 1.807) is 0 Å². The molecule has 0 bridgehead atoms. The third kappa shape index (κ3) is 4.25. The third-order valence-electron chi connectivity index (χ3n) is 3.27. The van der Waals surface area contributed by atoms with Crippen molar-refractivity contribution in [1.29, 1.82) is 0 Å². The van der Waals surface area contributed by atoms with Crippen molar-refractivity contribution in [3.05, 3.63) is 18.5 Å². The number of ether oxygens (including phenoxy) is 2. The van der Waals surface area contributed by atoms with Crippen molar-refractivity contribution in [1.82, 2.24) is 25.1 Å². The van der Waals surface area contributed by atoms with Crippen molar-refractivity contribution in [2.45, 2.75) is 19.1 Å². The minimum Gasteiger partial charge on any atom is -0.472 e. The smallest absolute Gasteiger partial charge is 0.388 e. The van der Waals surface area contributed by atoms with Gasteiger partial charge >= 0.3 is 6.61 Å². The Labute approximate surface area is 130 Å². The lowest BCUT2D eigenvalue weighted by Gasteiger charge is -2.13. The molecule has 124 valence electrons. The number of halogens is 2. The number of anilines is 2. The first-order valence-corrected chi connectivity index (χ1v) is 7.03. The second-order valence-corrected chi connectivity index (χ2v) is 5.15. The number of hydrogen-bond acceptors (Lipinski definition) is 7. The molecule has 0 amide bonds. The van der Waals surface area contributed by atoms with E-state index in [1.165, 1.54) is 18.5 Å². The number of aromatic amines is 1. The number of alkyl halides is 2. The molecular weight excluding hydrogens is 310 g/mol. The molecule has 8 nitrogen and oxygen atoms in total. The monoisotopic (exact) mass is 326 g/mol. The van der Waals surface area contributed by atoms with Gasteiger partial charge in [0.1, 0.15) is 6.10 Å². The average molecular weight is 326 g/mol. The maximum atomic E-state index is 12.1. The Kier molecular flexibility index (Phi) is 4.51. The van der Waals surface area contributed by atoms with Gasteiger partial charge in [-0.3, -0.25) is 4.98 Å². The summed E-state index contributed by atoms with van der Waals surface area (Å²) < 4.78 is 34.2. The molecule has 1 saturated heterocycles. The Balaban J connectivity index is 1.62. The molecule has 3 heterocycles. The van der Waals surface area contributed by atoms with Gasteiger partial charge in [0.15, 0.2) is 11.6 Å². The standard InChI is InChI=1S/C13H16F2N6O2/c1-21-3-2-8(7-21)22-12-6-16-5-10(18-12)17-9-4-11(20-19-9)23-13(14)15/h4-6,8,13H,2-3,7H2,1H3,(H2,17,18,19,20)/t8-/m0/s1. The summed E-state index contributed by atoms with van der Waals surface area (Å²) in [6.07, 6.45) is 4.03. The van der Waals surface area contributed by atoms with Gasteiger partial charge in [-0.1, -0.05) is 0 Å². The van der Waals surface area contributed by atoms with E-state index in [0.717, 1.165) is 19.5 Å². The molecule has 2 N–H and O–H groups in total. The van der Waals surface area contributed by atoms with E-state index >= 15 is 0 Å². The first-order chi connectivity index (χ1) is 11.1. The summed E-state index contributed by atoms with van der Waals surface area (Å²) in [6.45, 7) is -1.09. The molecule has 1 fully saturated rings. The third-order valence-corrected chi connectivity index (χ3v) is 3.27. The highest BCUT2D eigenvalue weighted by Gasteiger charge is 2.21. The van der Waals surface area contributed by atoms with Crippen molar-refractivity contribution >= 4 is 11.6 Å². The summed E-state index contributed by atoms with van der Waals surface area (Å²) in [6, 6.07) is 1.30. The fourth-order valence-corrected chi connectivity index (χ4v) is 2.28. The largest absolute Gasteiger partial charge is 0.472 e. The second kappa shape index (κ2) is 6.73. The number of H-pyrrole nitrogens is 1. The van der Waals surface area contributed by atoms with Gasteiger partial charge in [-0.15, -0.1) is 0 Å². The van der Waals surface area contributed by atoms with Crippen LogP contribution in [0.5, 0.6) is 11.8 Å². The van der Waals surface area contributed by atoms with Crippen LogP contribution in [0.2, 0.25) is 0 Å². The van der Waals surface area contributed by atoms with Crippen LogP contribution < -0.4 is 14.8 Å². The number of nitrogens with zero attached hydrogens (tertiary/aromatic N) is 4. The van der Waals surface area contributed by atoms with E-state index in [1.807, 2.05) is 7.05 Å². The summed E-state index contributed by atoms with van der Waals surface area (Å²) in [4.78, 5) is 10.5. The number of hydrogen-bond donors (Lipinski definition) is 2. The van der Waals surface area contributed by atoms with E-state index in [-0.39, 0.29) is 17.8 Å². The van der Waals surface area contributed by atoms with Gasteiger partial charge in [-0.25, -0.2) is 5.10 Å². The molecule has 1 aliphatic rings. The fourth-order valence-electron chi connectivity index (χ4n) is 2.28. The number of likely N-dealkylation sites (N-methyl/N-ethyl adjacent to an activating group) is 1. The Morgan fingerprint density at radius 1 is 1.39 bits per heavy atom. The van der Waals surface area contributed by atoms with E-state index < -0.39 is 6.61 Å². The normalized spacial score (nSPS) is 18.3. The van der Waals surface area contributed by atoms with Crippen LogP contribution in [0.1, 0.15) is 6.42 Å². The van der Waals surface area contributed by atoms with Crippen LogP contribution in [0.15, 0.2) is 18.5 Å². The molecule has 0 aromatic carbocycles. The predicted octanol–water partition coefficient (Wildman–Crippen LogP) is 1.63. The lowest BCUT2D eigenvalue weighted by Crippen LogP contribution is -2.21. The Hall–Kier alpha value is -2.49. The maximum Gasteiger partial charge on any atom is 0.388 e. The lowest BCUT2D eigenvalue weighted by molar-refractivity contribution is -0.0528. The Bertz CT molecular complexity index is 653. The highest BCUT2D eigenvalue weighted by atomic mass is 19.3. The number of likely N-dealkylation sites (tertiary alicyclic amines) is 1. The topological polar surface area (TPSA) is 88.2 Å². The van der Waals surface area contributed by atoms with Crippen LogP contribution >= 0.6 is 0 Å². The van der Waals surface area contributed by atoms with Crippen LogP contribution in [0, 0.1) is 0 Å². The van der Waals surface area contributed by atoms with Crippen molar-refractivity contribution in [3.63, 3.8) is 0 Å². The molecule has 2 aromatic heterocycles. The average Bonchev–Trinajstić information content (AvgIpc) is 3.08. The lowest BCUT2D eigenvalue weighted by atomic mass is 10.3. The summed E-state index contributed by atoms with van der Waals surface area (Å²) in [5, 5.41) is 8.97. The van der Waals surface area contributed by atoms with Crippen molar-refractivity contribution in [3.8, 4) is 11.8 Å². The minimum absolute atomic E-state index is 0.0842. The van der Waals surface area contributed by atoms with E-state index in [2.05, 4.69) is 35.1 Å². The fraction of sp³-hybridized carbons (Fsp3) is 0.462. The first kappa shape index (κ1) is 15.4. The van der Waals surface area contributed by atoms with Gasteiger partial charge < -0.3 is 19.7 Å². The maximum absolute atomic E-state index is 12.1. The number of rotatable bonds is 6. The Morgan fingerprint density at radius 3 is 3.00 bits per heavy atom. The molecule has 0 aliphatic carbocycles. The van der Waals surface area contributed by atoms with Crippen LogP contribution in [0.4, 0.5) is 20.4 Å². The summed E-state index contributed by atoms with van der Waals surface area (Å²) in [5.74, 6) is 0.934. The van der Waals surface area contributed by atoms with Crippen LogP contribution in [0.3, 0.4) is 0 Å². The van der Waals surface area contributed by atoms with E-state index in [9.17, 15) is 8.78 Å². The highest BCUT2D eigenvalue weighted by Crippen LogP contribution is 2.20. The minimum atomic E-state index is -2.91. The van der Waals surface area contributed by atoms with Gasteiger partial charge in [-0.05, 0) is 13.5 Å². The van der Waals surface area contributed by atoms with Crippen LogP contribution in [-0.2, 0) is 0 Å². The summed E-state index contributed by atoms with van der Waals surface area (Å²) >= 11 is 0. The molecule has 23 heavy (non-hydrogen) atoms. The van der Waals surface area contributed by atoms with Crippen molar-refractivity contribution < 1.29 is 18.3 Å². The molecule has 0 spiro atoms. The molecule has 1 aliphatic heterocycles. The van der Waals surface area contributed by atoms with E-state index in [0.29, 0.717) is 11.7 Å². The van der Waals surface area contributed by atoms with Gasteiger partial charge in [0, 0.05) is 19.2 Å². The van der Waals surface area contributed by atoms with Gasteiger partial charge in [0.25, 0.3) is 0 Å². The molecule has 0 saturated carbocycles. The molecule has 1 atom stereocenters. The zero-order valence-corrected chi connectivity index (χ0v) is 12.4. The van der Waals surface area contributed by atoms with Gasteiger partial charge in [-0.2, -0.15) is 18.9 Å². The zero-order valence-electron chi connectivity index (χ0n) is 12.4. The molecule has 0 radical (unpaired) electrons. The summed E-state index contributed by atoms with van der Waals surface area (Å²) in [5.41, 5.74) is 0.